The Morgan fingerprint density at radius 3 is 2.76 bits per heavy atom. The molecule has 4 nitrogen and oxygen atoms in total. The standard InChI is InChI=1S/C16H14BrN3O/c17-14-4-2-1-3-13(14)10-20-8-7-11-9-12(16(18)19-21)5-6-15(11)20/h1-9,21H,10H2,(H2,18,19). The van der Waals surface area contributed by atoms with E-state index in [1.807, 2.05) is 48.7 Å². The number of aromatic nitrogens is 1. The van der Waals surface area contributed by atoms with E-state index in [0.717, 1.165) is 21.9 Å². The van der Waals surface area contributed by atoms with Gasteiger partial charge in [0.25, 0.3) is 0 Å². The van der Waals surface area contributed by atoms with Gasteiger partial charge < -0.3 is 15.5 Å². The molecule has 0 bridgehead atoms. The number of amidine groups is 1. The predicted octanol–water partition coefficient (Wildman–Crippen LogP) is 3.55. The normalized spacial score (nSPS) is 12.0. The highest BCUT2D eigenvalue weighted by molar-refractivity contribution is 9.10. The molecule has 0 aliphatic carbocycles. The fourth-order valence-corrected chi connectivity index (χ4v) is 2.78. The zero-order valence-electron chi connectivity index (χ0n) is 11.2. The molecule has 3 rings (SSSR count). The summed E-state index contributed by atoms with van der Waals surface area (Å²) in [5.41, 5.74) is 8.66. The van der Waals surface area contributed by atoms with Crippen molar-refractivity contribution < 1.29 is 5.21 Å². The van der Waals surface area contributed by atoms with Crippen molar-refractivity contribution in [1.82, 2.24) is 4.57 Å². The molecule has 0 saturated carbocycles. The van der Waals surface area contributed by atoms with Gasteiger partial charge in [-0.15, -0.1) is 0 Å². The van der Waals surface area contributed by atoms with Crippen molar-refractivity contribution in [2.75, 3.05) is 0 Å². The molecule has 0 aliphatic heterocycles. The van der Waals surface area contributed by atoms with Crippen LogP contribution in [0.5, 0.6) is 0 Å². The molecule has 21 heavy (non-hydrogen) atoms. The zero-order chi connectivity index (χ0) is 14.8. The molecular formula is C16H14BrN3O. The SMILES string of the molecule is N/C(=N/O)c1ccc2c(ccn2Cc2ccccc2Br)c1. The van der Waals surface area contributed by atoms with Crippen LogP contribution in [-0.4, -0.2) is 15.6 Å². The smallest absolute Gasteiger partial charge is 0.170 e. The first-order valence-electron chi connectivity index (χ1n) is 6.49. The Hall–Kier alpha value is -2.27. The van der Waals surface area contributed by atoms with Crippen molar-refractivity contribution >= 4 is 32.7 Å². The maximum Gasteiger partial charge on any atom is 0.170 e. The van der Waals surface area contributed by atoms with Gasteiger partial charge in [-0.05, 0) is 35.9 Å². The maximum absolute atomic E-state index is 8.74. The largest absolute Gasteiger partial charge is 0.409 e. The number of hydrogen-bond donors (Lipinski definition) is 2. The van der Waals surface area contributed by atoms with Gasteiger partial charge >= 0.3 is 0 Å². The van der Waals surface area contributed by atoms with E-state index in [1.165, 1.54) is 5.56 Å². The Labute approximate surface area is 130 Å². The molecule has 0 unspecified atom stereocenters. The van der Waals surface area contributed by atoms with Crippen LogP contribution >= 0.6 is 15.9 Å². The third-order valence-electron chi connectivity index (χ3n) is 3.47. The molecule has 1 aromatic heterocycles. The van der Waals surface area contributed by atoms with Crippen LogP contribution < -0.4 is 5.73 Å². The molecule has 5 heteroatoms. The topological polar surface area (TPSA) is 63.5 Å². The van der Waals surface area contributed by atoms with Crippen LogP contribution in [-0.2, 0) is 6.54 Å². The second kappa shape index (κ2) is 5.61. The monoisotopic (exact) mass is 343 g/mol. The summed E-state index contributed by atoms with van der Waals surface area (Å²) in [4.78, 5) is 0. The Bertz CT molecular complexity index is 823. The van der Waals surface area contributed by atoms with Crippen LogP contribution in [0.2, 0.25) is 0 Å². The fourth-order valence-electron chi connectivity index (χ4n) is 2.37. The minimum atomic E-state index is 0.121. The Balaban J connectivity index is 2.00. The van der Waals surface area contributed by atoms with Crippen molar-refractivity contribution in [2.45, 2.75) is 6.54 Å². The molecule has 0 saturated heterocycles. The molecule has 0 amide bonds. The molecular weight excluding hydrogens is 330 g/mol. The number of halogens is 1. The lowest BCUT2D eigenvalue weighted by molar-refractivity contribution is 0.318. The van der Waals surface area contributed by atoms with E-state index in [2.05, 4.69) is 31.7 Å². The van der Waals surface area contributed by atoms with Crippen LogP contribution in [0, 0.1) is 0 Å². The first-order chi connectivity index (χ1) is 10.2. The zero-order valence-corrected chi connectivity index (χ0v) is 12.8. The number of nitrogens with two attached hydrogens (primary N) is 1. The molecule has 3 N–H and O–H groups in total. The van der Waals surface area contributed by atoms with Gasteiger partial charge in [-0.2, -0.15) is 0 Å². The van der Waals surface area contributed by atoms with Gasteiger partial charge in [0.2, 0.25) is 0 Å². The Morgan fingerprint density at radius 1 is 1.19 bits per heavy atom. The molecule has 0 radical (unpaired) electrons. The van der Waals surface area contributed by atoms with Crippen molar-refractivity contribution in [3.8, 4) is 0 Å². The summed E-state index contributed by atoms with van der Waals surface area (Å²) in [7, 11) is 0. The van der Waals surface area contributed by atoms with Gasteiger partial charge in [-0.25, -0.2) is 0 Å². The van der Waals surface area contributed by atoms with Crippen LogP contribution in [0.3, 0.4) is 0 Å². The lowest BCUT2D eigenvalue weighted by Crippen LogP contribution is -2.12. The minimum absolute atomic E-state index is 0.121. The molecule has 0 atom stereocenters. The highest BCUT2D eigenvalue weighted by Gasteiger charge is 2.06. The molecule has 0 aliphatic rings. The minimum Gasteiger partial charge on any atom is -0.409 e. The molecule has 1 heterocycles. The van der Waals surface area contributed by atoms with Gasteiger partial charge in [0.15, 0.2) is 5.84 Å². The van der Waals surface area contributed by atoms with Crippen LogP contribution in [0.15, 0.2) is 64.4 Å². The third kappa shape index (κ3) is 2.64. The first kappa shape index (κ1) is 13.7. The summed E-state index contributed by atoms with van der Waals surface area (Å²) in [6.07, 6.45) is 2.04. The Morgan fingerprint density at radius 2 is 2.00 bits per heavy atom. The van der Waals surface area contributed by atoms with Gasteiger partial charge in [-0.3, -0.25) is 0 Å². The van der Waals surface area contributed by atoms with Crippen molar-refractivity contribution in [1.29, 1.82) is 0 Å². The highest BCUT2D eigenvalue weighted by Crippen LogP contribution is 2.22. The summed E-state index contributed by atoms with van der Waals surface area (Å²) < 4.78 is 3.27. The van der Waals surface area contributed by atoms with E-state index in [-0.39, 0.29) is 5.84 Å². The third-order valence-corrected chi connectivity index (χ3v) is 4.25. The maximum atomic E-state index is 8.74. The van der Waals surface area contributed by atoms with E-state index in [1.54, 1.807) is 0 Å². The van der Waals surface area contributed by atoms with E-state index in [9.17, 15) is 0 Å². The second-order valence-electron chi connectivity index (χ2n) is 4.79. The fraction of sp³-hybridized carbons (Fsp3) is 0.0625. The molecule has 3 aromatic rings. The van der Waals surface area contributed by atoms with E-state index in [0.29, 0.717) is 5.56 Å². The quantitative estimate of drug-likeness (QED) is 0.330. The predicted molar refractivity (Wildman–Crippen MR) is 87.7 cm³/mol. The van der Waals surface area contributed by atoms with E-state index < -0.39 is 0 Å². The van der Waals surface area contributed by atoms with Crippen molar-refractivity contribution in [3.63, 3.8) is 0 Å². The summed E-state index contributed by atoms with van der Waals surface area (Å²) in [5, 5.41) is 12.8. The van der Waals surface area contributed by atoms with Gasteiger partial charge in [0, 0.05) is 33.7 Å². The molecule has 106 valence electrons. The molecule has 0 spiro atoms. The lowest BCUT2D eigenvalue weighted by atomic mass is 10.1. The Kier molecular flexibility index (Phi) is 3.66. The average molecular weight is 344 g/mol. The van der Waals surface area contributed by atoms with Crippen LogP contribution in [0.4, 0.5) is 0 Å². The van der Waals surface area contributed by atoms with Crippen molar-refractivity contribution in [3.05, 3.63) is 70.3 Å². The summed E-state index contributed by atoms with van der Waals surface area (Å²) in [5.74, 6) is 0.121. The molecule has 2 aromatic carbocycles. The van der Waals surface area contributed by atoms with E-state index in [4.69, 9.17) is 10.9 Å². The van der Waals surface area contributed by atoms with Crippen LogP contribution in [0.1, 0.15) is 11.1 Å². The lowest BCUT2D eigenvalue weighted by Gasteiger charge is -2.08. The number of rotatable bonds is 3. The van der Waals surface area contributed by atoms with E-state index >= 15 is 0 Å². The summed E-state index contributed by atoms with van der Waals surface area (Å²) in [6, 6.07) is 16.0. The number of benzene rings is 2. The van der Waals surface area contributed by atoms with Crippen molar-refractivity contribution in [2.24, 2.45) is 10.9 Å². The first-order valence-corrected chi connectivity index (χ1v) is 7.28. The van der Waals surface area contributed by atoms with Gasteiger partial charge in [0.05, 0.1) is 0 Å². The summed E-state index contributed by atoms with van der Waals surface area (Å²) >= 11 is 3.57. The highest BCUT2D eigenvalue weighted by atomic mass is 79.9. The average Bonchev–Trinajstić information content (AvgIpc) is 2.91. The molecule has 0 fully saturated rings. The van der Waals surface area contributed by atoms with Crippen LogP contribution in [0.25, 0.3) is 10.9 Å². The second-order valence-corrected chi connectivity index (χ2v) is 5.65. The van der Waals surface area contributed by atoms with Gasteiger partial charge in [0.1, 0.15) is 0 Å². The summed E-state index contributed by atoms with van der Waals surface area (Å²) in [6.45, 7) is 0.786. The van der Waals surface area contributed by atoms with Gasteiger partial charge in [-0.1, -0.05) is 39.3 Å². The number of hydrogen-bond acceptors (Lipinski definition) is 2. The number of oxime groups is 1. The number of fused-ring (bicyclic) bond motifs is 1. The number of nitrogens with zero attached hydrogens (tertiary/aromatic N) is 2.